The number of amides is 2. The molecule has 1 fully saturated rings. The number of nitrogens with zero attached hydrogens (tertiary/aromatic N) is 1. The fourth-order valence-electron chi connectivity index (χ4n) is 2.55. The molecule has 1 rings (SSSR count). The van der Waals surface area contributed by atoms with Crippen LogP contribution in [0.15, 0.2) is 0 Å². The number of imide groups is 1. The van der Waals surface area contributed by atoms with Crippen LogP contribution in [0, 0.1) is 0 Å². The van der Waals surface area contributed by atoms with E-state index in [4.69, 9.17) is 9.47 Å². The first-order valence-corrected chi connectivity index (χ1v) is 8.76. The fraction of sp³-hybridized carbons (Fsp3) is 0.778. The minimum atomic E-state index is -2.98. The Morgan fingerprint density at radius 3 is 1.68 bits per heavy atom. The predicted molar refractivity (Wildman–Crippen MR) is 94.1 cm³/mol. The number of carbonyl (C=O) groups is 4. The first-order chi connectivity index (χ1) is 12.6. The molecule has 28 heavy (non-hydrogen) atoms. The highest BCUT2D eigenvalue weighted by Gasteiger charge is 2.86. The molecule has 9 nitrogen and oxygen atoms in total. The molecule has 0 unspecified atom stereocenters. The monoisotopic (exact) mass is 405 g/mol. The van der Waals surface area contributed by atoms with Crippen LogP contribution >= 0.6 is 0 Å². The predicted octanol–water partition coefficient (Wildman–Crippen LogP) is 2.75. The van der Waals surface area contributed by atoms with Gasteiger partial charge in [0.05, 0.1) is 13.7 Å². The quantitative estimate of drug-likeness (QED) is 0.519. The molecule has 0 aromatic rings. The van der Waals surface area contributed by atoms with E-state index < -0.39 is 53.0 Å². The van der Waals surface area contributed by atoms with Crippen molar-refractivity contribution < 1.29 is 42.5 Å². The summed E-state index contributed by atoms with van der Waals surface area (Å²) in [6.07, 6.45) is -3.53. The number of hydrogen-bond acceptors (Lipinski definition) is 8. The number of hydrogen-bond donors (Lipinski definition) is 0. The van der Waals surface area contributed by atoms with E-state index in [1.165, 1.54) is 48.5 Å². The van der Waals surface area contributed by atoms with Crippen molar-refractivity contribution in [3.05, 3.63) is 0 Å². The minimum absolute atomic E-state index is 0.166. The molecule has 0 heterocycles. The summed E-state index contributed by atoms with van der Waals surface area (Å²) in [5.41, 5.74) is -7.72. The molecule has 0 aromatic carbocycles. The summed E-state index contributed by atoms with van der Waals surface area (Å²) >= 11 is 0. The largest absolute Gasteiger partial charge is 0.467 e. The molecule has 0 N–H and O–H groups in total. The maximum atomic E-state index is 15.4. The summed E-state index contributed by atoms with van der Waals surface area (Å²) in [5, 5.41) is 0. The van der Waals surface area contributed by atoms with E-state index in [1.807, 2.05) is 0 Å². The van der Waals surface area contributed by atoms with Gasteiger partial charge in [-0.25, -0.2) is 23.6 Å². The molecule has 2 amide bonds. The Morgan fingerprint density at radius 1 is 0.929 bits per heavy atom. The maximum absolute atomic E-state index is 15.4. The molecule has 1 aliphatic rings. The van der Waals surface area contributed by atoms with Gasteiger partial charge in [0.15, 0.2) is 0 Å². The van der Waals surface area contributed by atoms with Gasteiger partial charge in [0.2, 0.25) is 11.2 Å². The second-order valence-corrected chi connectivity index (χ2v) is 8.35. The van der Waals surface area contributed by atoms with Crippen molar-refractivity contribution in [2.24, 2.45) is 0 Å². The third kappa shape index (κ3) is 4.53. The van der Waals surface area contributed by atoms with Crippen molar-refractivity contribution in [2.75, 3.05) is 13.7 Å². The van der Waals surface area contributed by atoms with Crippen LogP contribution in [0.5, 0.6) is 0 Å². The minimum Gasteiger partial charge on any atom is -0.467 e. The third-order valence-corrected chi connectivity index (χ3v) is 3.69. The Bertz CT molecular complexity index is 637. The van der Waals surface area contributed by atoms with Crippen LogP contribution in [-0.2, 0) is 28.5 Å². The summed E-state index contributed by atoms with van der Waals surface area (Å²) in [6, 6.07) is 0. The molecular formula is C18H28FNO8. The molecule has 1 saturated carbocycles. The van der Waals surface area contributed by atoms with Gasteiger partial charge in [0.25, 0.3) is 0 Å². The Balaban J connectivity index is 3.50. The van der Waals surface area contributed by atoms with Crippen molar-refractivity contribution in [1.29, 1.82) is 0 Å². The number of alkyl halides is 1. The van der Waals surface area contributed by atoms with Gasteiger partial charge in [-0.1, -0.05) is 0 Å². The Hall–Kier alpha value is -2.39. The molecule has 0 aromatic heterocycles. The first-order valence-electron chi connectivity index (χ1n) is 8.76. The zero-order valence-electron chi connectivity index (χ0n) is 17.5. The number of rotatable bonds is 4. The number of halogens is 1. The average Bonchev–Trinajstić information content (AvgIpc) is 3.11. The smallest absolute Gasteiger partial charge is 0.421 e. The van der Waals surface area contributed by atoms with Gasteiger partial charge in [0, 0.05) is 6.42 Å². The zero-order valence-corrected chi connectivity index (χ0v) is 17.5. The van der Waals surface area contributed by atoms with Gasteiger partial charge in [-0.15, -0.1) is 0 Å². The van der Waals surface area contributed by atoms with E-state index in [2.05, 4.69) is 9.47 Å². The molecular weight excluding hydrogens is 377 g/mol. The standard InChI is InChI=1S/C18H28FNO8/c1-9-26-11(21)17(19)10-18(17,12(22)25-8)20(13(23)27-15(2,3)4)14(24)28-16(5,6)7/h9-10H2,1-8H3/t17-,18-/m1/s1. The number of ether oxygens (including phenoxy) is 4. The lowest BCUT2D eigenvalue weighted by molar-refractivity contribution is -0.161. The van der Waals surface area contributed by atoms with Crippen LogP contribution in [0.25, 0.3) is 0 Å². The second-order valence-electron chi connectivity index (χ2n) is 8.35. The van der Waals surface area contributed by atoms with Gasteiger partial charge in [-0.05, 0) is 48.5 Å². The van der Waals surface area contributed by atoms with Crippen molar-refractivity contribution in [2.45, 2.75) is 77.3 Å². The van der Waals surface area contributed by atoms with Crippen molar-refractivity contribution in [1.82, 2.24) is 4.90 Å². The van der Waals surface area contributed by atoms with Crippen LogP contribution in [0.3, 0.4) is 0 Å². The molecule has 2 atom stereocenters. The summed E-state index contributed by atoms with van der Waals surface area (Å²) in [5.74, 6) is -2.70. The first kappa shape index (κ1) is 23.6. The van der Waals surface area contributed by atoms with E-state index in [0.717, 1.165) is 7.11 Å². The van der Waals surface area contributed by atoms with Crippen molar-refractivity contribution >= 4 is 24.1 Å². The number of esters is 2. The van der Waals surface area contributed by atoms with Crippen molar-refractivity contribution in [3.63, 3.8) is 0 Å². The summed E-state index contributed by atoms with van der Waals surface area (Å²) in [4.78, 5) is 50.3. The average molecular weight is 405 g/mol. The highest BCUT2D eigenvalue weighted by molar-refractivity contribution is 6.07. The van der Waals surface area contributed by atoms with Crippen LogP contribution in [0.4, 0.5) is 14.0 Å². The van der Waals surface area contributed by atoms with Gasteiger partial charge in [0.1, 0.15) is 11.2 Å². The van der Waals surface area contributed by atoms with E-state index in [0.29, 0.717) is 0 Å². The van der Waals surface area contributed by atoms with Crippen LogP contribution in [-0.4, -0.2) is 65.2 Å². The van der Waals surface area contributed by atoms with Gasteiger partial charge in [-0.3, -0.25) is 0 Å². The molecule has 0 spiro atoms. The Kier molecular flexibility index (Phi) is 6.38. The lowest BCUT2D eigenvalue weighted by Gasteiger charge is -2.33. The molecule has 10 heteroatoms. The van der Waals surface area contributed by atoms with E-state index in [9.17, 15) is 19.2 Å². The molecule has 0 radical (unpaired) electrons. The highest BCUT2D eigenvalue weighted by Crippen LogP contribution is 2.57. The highest BCUT2D eigenvalue weighted by atomic mass is 19.1. The number of carbonyl (C=O) groups excluding carboxylic acids is 4. The summed E-state index contributed by atoms with van der Waals surface area (Å²) in [6.45, 7) is 10.4. The third-order valence-electron chi connectivity index (χ3n) is 3.69. The van der Waals surface area contributed by atoms with E-state index in [-0.39, 0.29) is 11.5 Å². The van der Waals surface area contributed by atoms with Crippen LogP contribution < -0.4 is 0 Å². The second kappa shape index (κ2) is 7.56. The van der Waals surface area contributed by atoms with Crippen molar-refractivity contribution in [3.8, 4) is 0 Å². The number of methoxy groups -OCH3 is 1. The fourth-order valence-corrected chi connectivity index (χ4v) is 2.55. The van der Waals surface area contributed by atoms with E-state index in [1.54, 1.807) is 0 Å². The SMILES string of the molecule is CCOC(=O)[C@]1(F)C[C@]1(C(=O)OC)N(C(=O)OC(C)(C)C)C(=O)OC(C)(C)C. The molecule has 160 valence electrons. The van der Waals surface area contributed by atoms with Gasteiger partial charge in [-0.2, -0.15) is 4.90 Å². The van der Waals surface area contributed by atoms with E-state index >= 15 is 4.39 Å². The zero-order chi connectivity index (χ0) is 22.1. The topological polar surface area (TPSA) is 108 Å². The van der Waals surface area contributed by atoms with Gasteiger partial charge >= 0.3 is 24.1 Å². The molecule has 0 bridgehead atoms. The Morgan fingerprint density at radius 2 is 1.36 bits per heavy atom. The molecule has 0 saturated heterocycles. The molecule has 0 aliphatic heterocycles. The van der Waals surface area contributed by atoms with Gasteiger partial charge < -0.3 is 18.9 Å². The summed E-state index contributed by atoms with van der Waals surface area (Å²) < 4.78 is 35.0. The lowest BCUT2D eigenvalue weighted by atomic mass is 10.1. The lowest BCUT2D eigenvalue weighted by Crippen LogP contribution is -2.58. The summed E-state index contributed by atoms with van der Waals surface area (Å²) in [7, 11) is 0.941. The van der Waals surface area contributed by atoms with Crippen LogP contribution in [0.2, 0.25) is 0 Å². The molecule has 1 aliphatic carbocycles. The normalized spacial score (nSPS) is 24.0. The Labute approximate surface area is 163 Å². The van der Waals surface area contributed by atoms with Crippen LogP contribution in [0.1, 0.15) is 54.9 Å². The maximum Gasteiger partial charge on any atom is 0.421 e.